The van der Waals surface area contributed by atoms with Gasteiger partial charge in [0, 0.05) is 24.0 Å². The van der Waals surface area contributed by atoms with E-state index in [0.29, 0.717) is 31.7 Å². The Hall–Kier alpha value is -1.25. The Balaban J connectivity index is 1.79. The Morgan fingerprint density at radius 2 is 2.09 bits per heavy atom. The Bertz CT molecular complexity index is 641. The molecule has 0 aromatic heterocycles. The normalized spacial score (nSPS) is 16.3. The smallest absolute Gasteiger partial charge is 0.232 e. The van der Waals surface area contributed by atoms with Gasteiger partial charge in [-0.15, -0.1) is 11.8 Å². The van der Waals surface area contributed by atoms with Crippen LogP contribution in [0.25, 0.3) is 0 Å². The predicted octanol–water partition coefficient (Wildman–Crippen LogP) is 1.33. The number of piperidine rings is 1. The molecule has 1 aliphatic heterocycles. The third kappa shape index (κ3) is 6.04. The van der Waals surface area contributed by atoms with Gasteiger partial charge >= 0.3 is 0 Å². The molecule has 2 rings (SSSR count). The predicted molar refractivity (Wildman–Crippen MR) is 91.3 cm³/mol. The molecule has 1 amide bonds. The Morgan fingerprint density at radius 1 is 1.39 bits per heavy atom. The van der Waals surface area contributed by atoms with Gasteiger partial charge in [0.25, 0.3) is 0 Å². The lowest BCUT2D eigenvalue weighted by Crippen LogP contribution is -2.46. The maximum atomic E-state index is 12.3. The van der Waals surface area contributed by atoms with Crippen molar-refractivity contribution < 1.29 is 17.9 Å². The molecule has 1 fully saturated rings. The summed E-state index contributed by atoms with van der Waals surface area (Å²) in [5.41, 5.74) is 0. The van der Waals surface area contributed by atoms with Crippen LogP contribution in [0.5, 0.6) is 5.75 Å². The third-order valence-corrected chi connectivity index (χ3v) is 5.37. The molecule has 128 valence electrons. The molecule has 1 aromatic carbocycles. The minimum absolute atomic E-state index is 0.0694. The molecule has 1 N–H and O–H groups in total. The summed E-state index contributed by atoms with van der Waals surface area (Å²) >= 11 is 1.48. The highest BCUT2D eigenvalue weighted by Crippen LogP contribution is 2.23. The molecule has 0 atom stereocenters. The van der Waals surface area contributed by atoms with Crippen LogP contribution in [0.3, 0.4) is 0 Å². The molecule has 0 unspecified atom stereocenters. The zero-order chi connectivity index (χ0) is 16.9. The number of sulfonamides is 1. The van der Waals surface area contributed by atoms with Gasteiger partial charge < -0.3 is 9.64 Å². The van der Waals surface area contributed by atoms with Crippen molar-refractivity contribution in [3.63, 3.8) is 0 Å². The van der Waals surface area contributed by atoms with Crippen molar-refractivity contribution >= 4 is 27.7 Å². The van der Waals surface area contributed by atoms with Gasteiger partial charge in [-0.25, -0.2) is 13.1 Å². The van der Waals surface area contributed by atoms with Crippen molar-refractivity contribution in [1.82, 2.24) is 9.62 Å². The largest absolute Gasteiger partial charge is 0.497 e. The number of carbonyl (C=O) groups excluding carboxylic acids is 1. The number of thioether (sulfide) groups is 1. The molecule has 0 bridgehead atoms. The molecule has 1 saturated heterocycles. The van der Waals surface area contributed by atoms with Gasteiger partial charge in [0.15, 0.2) is 0 Å². The van der Waals surface area contributed by atoms with Gasteiger partial charge in [-0.2, -0.15) is 0 Å². The van der Waals surface area contributed by atoms with E-state index in [9.17, 15) is 13.2 Å². The average Bonchev–Trinajstić information content (AvgIpc) is 2.52. The van der Waals surface area contributed by atoms with E-state index >= 15 is 0 Å². The van der Waals surface area contributed by atoms with Gasteiger partial charge in [-0.05, 0) is 31.0 Å². The van der Waals surface area contributed by atoms with Crippen molar-refractivity contribution in [3.05, 3.63) is 24.3 Å². The van der Waals surface area contributed by atoms with Crippen LogP contribution in [-0.4, -0.2) is 57.5 Å². The molecule has 6 nitrogen and oxygen atoms in total. The first-order valence-electron chi connectivity index (χ1n) is 7.39. The number of hydrogen-bond donors (Lipinski definition) is 1. The summed E-state index contributed by atoms with van der Waals surface area (Å²) in [6, 6.07) is 7.54. The van der Waals surface area contributed by atoms with Crippen LogP contribution in [0, 0.1) is 0 Å². The lowest BCUT2D eigenvalue weighted by atomic mass is 10.1. The Labute approximate surface area is 141 Å². The molecule has 8 heteroatoms. The van der Waals surface area contributed by atoms with E-state index < -0.39 is 10.0 Å². The lowest BCUT2D eigenvalue weighted by molar-refractivity contribution is -0.129. The SMILES string of the molecule is COc1cccc(SCC(=O)N2CCC(NS(C)(=O)=O)CC2)c1. The lowest BCUT2D eigenvalue weighted by Gasteiger charge is -2.32. The molecular weight excluding hydrogens is 336 g/mol. The average molecular weight is 358 g/mol. The zero-order valence-electron chi connectivity index (χ0n) is 13.3. The molecular formula is C15H22N2O4S2. The molecule has 0 spiro atoms. The van der Waals surface area contributed by atoms with E-state index in [-0.39, 0.29) is 11.9 Å². The van der Waals surface area contributed by atoms with Crippen LogP contribution in [0.4, 0.5) is 0 Å². The third-order valence-electron chi connectivity index (χ3n) is 3.63. The second-order valence-electron chi connectivity index (χ2n) is 5.51. The Kier molecular flexibility index (Phi) is 6.32. The van der Waals surface area contributed by atoms with Gasteiger partial charge in [-0.1, -0.05) is 6.07 Å². The van der Waals surface area contributed by atoms with E-state index in [1.807, 2.05) is 24.3 Å². The maximum Gasteiger partial charge on any atom is 0.232 e. The summed E-state index contributed by atoms with van der Waals surface area (Å²) in [4.78, 5) is 15.0. The first-order valence-corrected chi connectivity index (χ1v) is 10.3. The first kappa shape index (κ1) is 18.1. The molecule has 1 heterocycles. The Morgan fingerprint density at radius 3 is 2.70 bits per heavy atom. The highest BCUT2D eigenvalue weighted by atomic mass is 32.2. The number of hydrogen-bond acceptors (Lipinski definition) is 5. The van der Waals surface area contributed by atoms with Crippen molar-refractivity contribution in [2.75, 3.05) is 32.2 Å². The number of ether oxygens (including phenoxy) is 1. The van der Waals surface area contributed by atoms with E-state index in [1.54, 1.807) is 12.0 Å². The van der Waals surface area contributed by atoms with Crippen LogP contribution >= 0.6 is 11.8 Å². The summed E-state index contributed by atoms with van der Waals surface area (Å²) < 4.78 is 30.2. The summed E-state index contributed by atoms with van der Waals surface area (Å²) in [5.74, 6) is 1.22. The van der Waals surface area contributed by atoms with Gasteiger partial charge in [0.2, 0.25) is 15.9 Å². The van der Waals surface area contributed by atoms with E-state index in [2.05, 4.69) is 4.72 Å². The van der Waals surface area contributed by atoms with Crippen molar-refractivity contribution in [2.45, 2.75) is 23.8 Å². The number of amides is 1. The summed E-state index contributed by atoms with van der Waals surface area (Å²) in [6.45, 7) is 1.18. The van der Waals surface area contributed by atoms with Gasteiger partial charge in [0.05, 0.1) is 19.1 Å². The molecule has 23 heavy (non-hydrogen) atoms. The quantitative estimate of drug-likeness (QED) is 0.777. The number of nitrogens with zero attached hydrogens (tertiary/aromatic N) is 1. The summed E-state index contributed by atoms with van der Waals surface area (Å²) in [7, 11) is -1.57. The first-order chi connectivity index (χ1) is 10.9. The second kappa shape index (κ2) is 8.03. The van der Waals surface area contributed by atoms with E-state index in [1.165, 1.54) is 11.8 Å². The molecule has 0 saturated carbocycles. The van der Waals surface area contributed by atoms with E-state index in [4.69, 9.17) is 4.74 Å². The van der Waals surface area contributed by atoms with Crippen molar-refractivity contribution in [3.8, 4) is 5.75 Å². The second-order valence-corrected chi connectivity index (χ2v) is 8.34. The van der Waals surface area contributed by atoms with Crippen LogP contribution in [0.2, 0.25) is 0 Å². The topological polar surface area (TPSA) is 75.7 Å². The summed E-state index contributed by atoms with van der Waals surface area (Å²) in [5, 5.41) is 0. The molecule has 0 radical (unpaired) electrons. The monoisotopic (exact) mass is 358 g/mol. The number of benzene rings is 1. The maximum absolute atomic E-state index is 12.3. The zero-order valence-corrected chi connectivity index (χ0v) is 15.0. The number of carbonyl (C=O) groups is 1. The number of rotatable bonds is 6. The number of methoxy groups -OCH3 is 1. The van der Waals surface area contributed by atoms with E-state index in [0.717, 1.165) is 16.9 Å². The van der Waals surface area contributed by atoms with Crippen LogP contribution in [0.1, 0.15) is 12.8 Å². The van der Waals surface area contributed by atoms with Crippen LogP contribution in [-0.2, 0) is 14.8 Å². The summed E-state index contributed by atoms with van der Waals surface area (Å²) in [6.07, 6.45) is 2.47. The minimum atomic E-state index is -3.18. The fraction of sp³-hybridized carbons (Fsp3) is 0.533. The number of nitrogens with one attached hydrogen (secondary N) is 1. The standard InChI is InChI=1S/C15H22N2O4S2/c1-21-13-4-3-5-14(10-13)22-11-15(18)17-8-6-12(7-9-17)16-23(2,19)20/h3-5,10,12,16H,6-9,11H2,1-2H3. The fourth-order valence-electron chi connectivity index (χ4n) is 2.48. The molecule has 1 aliphatic rings. The highest BCUT2D eigenvalue weighted by molar-refractivity contribution is 8.00. The highest BCUT2D eigenvalue weighted by Gasteiger charge is 2.24. The van der Waals surface area contributed by atoms with Crippen molar-refractivity contribution in [2.24, 2.45) is 0 Å². The minimum Gasteiger partial charge on any atom is -0.497 e. The molecule has 0 aliphatic carbocycles. The van der Waals surface area contributed by atoms with Gasteiger partial charge in [0.1, 0.15) is 5.75 Å². The van der Waals surface area contributed by atoms with Crippen LogP contribution in [0.15, 0.2) is 29.2 Å². The van der Waals surface area contributed by atoms with Crippen molar-refractivity contribution in [1.29, 1.82) is 0 Å². The molecule has 1 aromatic rings. The van der Waals surface area contributed by atoms with Gasteiger partial charge in [-0.3, -0.25) is 4.79 Å². The van der Waals surface area contributed by atoms with Crippen LogP contribution < -0.4 is 9.46 Å². The number of likely N-dealkylation sites (tertiary alicyclic amines) is 1. The fourth-order valence-corrected chi connectivity index (χ4v) is 4.17.